The topological polar surface area (TPSA) is 106 Å². The predicted octanol–water partition coefficient (Wildman–Crippen LogP) is 2.16. The van der Waals surface area contributed by atoms with Crippen LogP contribution in [0, 0.1) is 6.92 Å². The number of ketones is 1. The standard InChI is InChI=1S/C14H14N2O4S2/c1-8(17)10-3-5-11(6-4-10)16-22(19,20)13-7-12(14(15)18)21-9(13)2/h3-7,16H,1-2H3,(H2,15,18). The van der Waals surface area contributed by atoms with Crippen LogP contribution >= 0.6 is 11.3 Å². The number of amides is 1. The van der Waals surface area contributed by atoms with E-state index in [-0.39, 0.29) is 15.6 Å². The second-order valence-corrected chi connectivity index (χ2v) is 7.54. The summed E-state index contributed by atoms with van der Waals surface area (Å²) in [7, 11) is -3.82. The Morgan fingerprint density at radius 3 is 2.23 bits per heavy atom. The molecule has 0 bridgehead atoms. The highest BCUT2D eigenvalue weighted by molar-refractivity contribution is 7.93. The van der Waals surface area contributed by atoms with Gasteiger partial charge in [-0.15, -0.1) is 11.3 Å². The van der Waals surface area contributed by atoms with E-state index in [2.05, 4.69) is 4.72 Å². The number of carbonyl (C=O) groups excluding carboxylic acids is 2. The summed E-state index contributed by atoms with van der Waals surface area (Å²) in [5.74, 6) is -0.769. The van der Waals surface area contributed by atoms with Gasteiger partial charge in [0.25, 0.3) is 15.9 Å². The molecule has 0 atom stereocenters. The van der Waals surface area contributed by atoms with Crippen LogP contribution in [-0.2, 0) is 10.0 Å². The molecule has 1 amide bonds. The molecule has 0 radical (unpaired) electrons. The zero-order chi connectivity index (χ0) is 16.5. The van der Waals surface area contributed by atoms with Crippen molar-refractivity contribution in [2.75, 3.05) is 4.72 Å². The van der Waals surface area contributed by atoms with Gasteiger partial charge in [-0.05, 0) is 44.2 Å². The molecule has 0 saturated heterocycles. The Kier molecular flexibility index (Phi) is 4.34. The second kappa shape index (κ2) is 5.90. The summed E-state index contributed by atoms with van der Waals surface area (Å²) >= 11 is 1.03. The van der Waals surface area contributed by atoms with Crippen LogP contribution in [0.5, 0.6) is 0 Å². The third-order valence-electron chi connectivity index (χ3n) is 2.95. The first-order chi connectivity index (χ1) is 10.2. The smallest absolute Gasteiger partial charge is 0.263 e. The first-order valence-corrected chi connectivity index (χ1v) is 8.55. The number of Topliss-reactive ketones (excluding diaryl/α,β-unsaturated/α-hetero) is 1. The fourth-order valence-corrected chi connectivity index (χ4v) is 4.34. The van der Waals surface area contributed by atoms with Gasteiger partial charge in [0, 0.05) is 16.1 Å². The Morgan fingerprint density at radius 1 is 1.18 bits per heavy atom. The van der Waals surface area contributed by atoms with Crippen molar-refractivity contribution < 1.29 is 18.0 Å². The molecule has 0 aliphatic heterocycles. The van der Waals surface area contributed by atoms with Crippen molar-refractivity contribution >= 4 is 38.7 Å². The highest BCUT2D eigenvalue weighted by Crippen LogP contribution is 2.27. The number of aryl methyl sites for hydroxylation is 1. The minimum Gasteiger partial charge on any atom is -0.365 e. The summed E-state index contributed by atoms with van der Waals surface area (Å²) in [6, 6.07) is 7.34. The van der Waals surface area contributed by atoms with Crippen molar-refractivity contribution in [2.24, 2.45) is 5.73 Å². The summed E-state index contributed by atoms with van der Waals surface area (Å²) in [6.07, 6.45) is 0. The van der Waals surface area contributed by atoms with E-state index in [9.17, 15) is 18.0 Å². The quantitative estimate of drug-likeness (QED) is 0.815. The monoisotopic (exact) mass is 338 g/mol. The molecule has 3 N–H and O–H groups in total. The van der Waals surface area contributed by atoms with E-state index < -0.39 is 15.9 Å². The van der Waals surface area contributed by atoms with E-state index in [1.165, 1.54) is 37.3 Å². The molecule has 6 nitrogen and oxygen atoms in total. The number of nitrogens with two attached hydrogens (primary N) is 1. The number of hydrogen-bond acceptors (Lipinski definition) is 5. The molecular weight excluding hydrogens is 324 g/mol. The van der Waals surface area contributed by atoms with Crippen LogP contribution in [0.3, 0.4) is 0 Å². The molecule has 1 aromatic carbocycles. The largest absolute Gasteiger partial charge is 0.365 e. The van der Waals surface area contributed by atoms with Gasteiger partial charge in [0.05, 0.1) is 4.88 Å². The summed E-state index contributed by atoms with van der Waals surface area (Å²) in [5.41, 5.74) is 5.98. The van der Waals surface area contributed by atoms with Gasteiger partial charge in [-0.2, -0.15) is 0 Å². The first-order valence-electron chi connectivity index (χ1n) is 6.25. The van der Waals surface area contributed by atoms with E-state index >= 15 is 0 Å². The Morgan fingerprint density at radius 2 is 1.77 bits per heavy atom. The SMILES string of the molecule is CC(=O)c1ccc(NS(=O)(=O)c2cc(C(N)=O)sc2C)cc1. The number of nitrogens with one attached hydrogen (secondary N) is 1. The van der Waals surface area contributed by atoms with Crippen molar-refractivity contribution in [3.63, 3.8) is 0 Å². The molecule has 0 fully saturated rings. The van der Waals surface area contributed by atoms with Crippen LogP contribution in [0.1, 0.15) is 31.8 Å². The second-order valence-electron chi connectivity index (χ2n) is 4.63. The lowest BCUT2D eigenvalue weighted by Crippen LogP contribution is -2.13. The lowest BCUT2D eigenvalue weighted by Gasteiger charge is -2.08. The van der Waals surface area contributed by atoms with Gasteiger partial charge in [0.1, 0.15) is 4.90 Å². The molecule has 0 unspecified atom stereocenters. The minimum absolute atomic E-state index is 0.0157. The fourth-order valence-electron chi connectivity index (χ4n) is 1.84. The first kappa shape index (κ1) is 16.2. The summed E-state index contributed by atoms with van der Waals surface area (Å²) in [6.45, 7) is 3.03. The highest BCUT2D eigenvalue weighted by atomic mass is 32.2. The van der Waals surface area contributed by atoms with Crippen LogP contribution in [0.25, 0.3) is 0 Å². The molecule has 2 rings (SSSR count). The zero-order valence-corrected chi connectivity index (χ0v) is 13.5. The average molecular weight is 338 g/mol. The van der Waals surface area contributed by atoms with Crippen LogP contribution in [-0.4, -0.2) is 20.1 Å². The van der Waals surface area contributed by atoms with Crippen LogP contribution < -0.4 is 10.5 Å². The molecule has 8 heteroatoms. The molecular formula is C14H14N2O4S2. The average Bonchev–Trinajstić information content (AvgIpc) is 2.82. The number of primary amides is 1. The van der Waals surface area contributed by atoms with Crippen LogP contribution in [0.4, 0.5) is 5.69 Å². The Labute approximate surface area is 132 Å². The lowest BCUT2D eigenvalue weighted by molar-refractivity contribution is 0.0999. The van der Waals surface area contributed by atoms with E-state index in [0.717, 1.165) is 11.3 Å². The molecule has 116 valence electrons. The Hall–Kier alpha value is -2.19. The zero-order valence-electron chi connectivity index (χ0n) is 11.9. The third-order valence-corrected chi connectivity index (χ3v) is 5.65. The van der Waals surface area contributed by atoms with Gasteiger partial charge in [-0.1, -0.05) is 0 Å². The Bertz CT molecular complexity index is 836. The van der Waals surface area contributed by atoms with Gasteiger partial charge in [0.2, 0.25) is 0 Å². The van der Waals surface area contributed by atoms with E-state index in [1.54, 1.807) is 6.92 Å². The summed E-state index contributed by atoms with van der Waals surface area (Å²) < 4.78 is 27.1. The van der Waals surface area contributed by atoms with Crippen molar-refractivity contribution in [2.45, 2.75) is 18.7 Å². The summed E-state index contributed by atoms with van der Waals surface area (Å²) in [4.78, 5) is 23.0. The van der Waals surface area contributed by atoms with E-state index in [1.807, 2.05) is 0 Å². The van der Waals surface area contributed by atoms with Gasteiger partial charge >= 0.3 is 0 Å². The molecule has 0 spiro atoms. The molecule has 1 heterocycles. The number of anilines is 1. The molecule has 1 aromatic heterocycles. The molecule has 22 heavy (non-hydrogen) atoms. The maximum absolute atomic E-state index is 12.4. The van der Waals surface area contributed by atoms with Crippen molar-refractivity contribution in [1.29, 1.82) is 0 Å². The molecule has 0 aliphatic carbocycles. The number of sulfonamides is 1. The van der Waals surface area contributed by atoms with Crippen molar-refractivity contribution in [3.05, 3.63) is 45.6 Å². The lowest BCUT2D eigenvalue weighted by atomic mass is 10.1. The third kappa shape index (κ3) is 3.34. The van der Waals surface area contributed by atoms with E-state index in [4.69, 9.17) is 5.73 Å². The number of thiophene rings is 1. The maximum atomic E-state index is 12.4. The number of hydrogen-bond donors (Lipinski definition) is 2. The van der Waals surface area contributed by atoms with Gasteiger partial charge in [0.15, 0.2) is 5.78 Å². The van der Waals surface area contributed by atoms with Crippen LogP contribution in [0.2, 0.25) is 0 Å². The fraction of sp³-hybridized carbons (Fsp3) is 0.143. The van der Waals surface area contributed by atoms with Crippen molar-refractivity contribution in [1.82, 2.24) is 0 Å². The van der Waals surface area contributed by atoms with E-state index in [0.29, 0.717) is 16.1 Å². The maximum Gasteiger partial charge on any atom is 0.263 e. The van der Waals surface area contributed by atoms with Gasteiger partial charge < -0.3 is 5.73 Å². The van der Waals surface area contributed by atoms with Gasteiger partial charge in [-0.3, -0.25) is 14.3 Å². The number of benzene rings is 1. The van der Waals surface area contributed by atoms with Gasteiger partial charge in [-0.25, -0.2) is 8.42 Å². The molecule has 2 aromatic rings. The highest BCUT2D eigenvalue weighted by Gasteiger charge is 2.21. The molecule has 0 saturated carbocycles. The molecule has 0 aliphatic rings. The Balaban J connectivity index is 2.31. The van der Waals surface area contributed by atoms with Crippen LogP contribution in [0.15, 0.2) is 35.2 Å². The minimum atomic E-state index is -3.82. The number of carbonyl (C=O) groups is 2. The number of rotatable bonds is 5. The van der Waals surface area contributed by atoms with Crippen molar-refractivity contribution in [3.8, 4) is 0 Å². The summed E-state index contributed by atoms with van der Waals surface area (Å²) in [5, 5.41) is 0. The normalized spacial score (nSPS) is 11.2. The predicted molar refractivity (Wildman–Crippen MR) is 84.8 cm³/mol.